The van der Waals surface area contributed by atoms with E-state index < -0.39 is 0 Å². The van der Waals surface area contributed by atoms with Gasteiger partial charge in [-0.1, -0.05) is 29.3 Å². The zero-order valence-electron chi connectivity index (χ0n) is 12.3. The number of rotatable bonds is 3. The maximum absolute atomic E-state index is 6.34. The van der Waals surface area contributed by atoms with Crippen LogP contribution in [0.3, 0.4) is 0 Å². The second-order valence-corrected chi connectivity index (χ2v) is 5.76. The van der Waals surface area contributed by atoms with Crippen LogP contribution in [0.1, 0.15) is 16.7 Å². The van der Waals surface area contributed by atoms with Gasteiger partial charge in [0.05, 0.1) is 30.0 Å². The zero-order valence-corrected chi connectivity index (χ0v) is 13.8. The van der Waals surface area contributed by atoms with Gasteiger partial charge in [-0.2, -0.15) is 0 Å². The van der Waals surface area contributed by atoms with Gasteiger partial charge in [-0.3, -0.25) is 4.99 Å². The molecule has 3 nitrogen and oxygen atoms in total. The first-order valence-corrected chi connectivity index (χ1v) is 7.65. The maximum Gasteiger partial charge on any atom is 0.161 e. The lowest BCUT2D eigenvalue weighted by Gasteiger charge is -2.21. The average Bonchev–Trinajstić information content (AvgIpc) is 2.53. The van der Waals surface area contributed by atoms with Crippen molar-refractivity contribution >= 4 is 28.9 Å². The van der Waals surface area contributed by atoms with Gasteiger partial charge in [-0.25, -0.2) is 0 Å². The minimum atomic E-state index is 0.592. The van der Waals surface area contributed by atoms with Gasteiger partial charge in [-0.05, 0) is 36.2 Å². The van der Waals surface area contributed by atoms with Gasteiger partial charge in [0, 0.05) is 17.7 Å². The number of fused-ring (bicyclic) bond motifs is 1. The molecule has 0 atom stereocenters. The molecule has 114 valence electrons. The van der Waals surface area contributed by atoms with Crippen LogP contribution >= 0.6 is 23.2 Å². The van der Waals surface area contributed by atoms with Crippen molar-refractivity contribution in [2.75, 3.05) is 20.8 Å². The molecule has 0 fully saturated rings. The lowest BCUT2D eigenvalue weighted by molar-refractivity contribution is 0.354. The van der Waals surface area contributed by atoms with Crippen LogP contribution in [0.4, 0.5) is 0 Å². The third-order valence-corrected chi connectivity index (χ3v) is 4.35. The Morgan fingerprint density at radius 2 is 1.64 bits per heavy atom. The van der Waals surface area contributed by atoms with Crippen molar-refractivity contribution in [3.05, 3.63) is 57.1 Å². The van der Waals surface area contributed by atoms with Crippen molar-refractivity contribution < 1.29 is 9.47 Å². The summed E-state index contributed by atoms with van der Waals surface area (Å²) in [5.74, 6) is 1.38. The van der Waals surface area contributed by atoms with E-state index in [0.717, 1.165) is 28.8 Å². The van der Waals surface area contributed by atoms with Crippen molar-refractivity contribution in [1.82, 2.24) is 0 Å². The van der Waals surface area contributed by atoms with Crippen LogP contribution in [0.5, 0.6) is 11.5 Å². The minimum Gasteiger partial charge on any atom is -0.493 e. The Labute approximate surface area is 139 Å². The molecule has 0 N–H and O–H groups in total. The van der Waals surface area contributed by atoms with E-state index in [1.54, 1.807) is 14.2 Å². The van der Waals surface area contributed by atoms with E-state index in [2.05, 4.69) is 4.99 Å². The molecule has 22 heavy (non-hydrogen) atoms. The lowest BCUT2D eigenvalue weighted by atomic mass is 9.92. The molecule has 3 rings (SSSR count). The average molecular weight is 336 g/mol. The molecule has 0 saturated carbocycles. The van der Waals surface area contributed by atoms with Gasteiger partial charge < -0.3 is 9.47 Å². The van der Waals surface area contributed by atoms with Gasteiger partial charge in [0.2, 0.25) is 0 Å². The Balaban J connectivity index is 2.20. The maximum atomic E-state index is 6.34. The normalized spacial score (nSPS) is 13.4. The Bertz CT molecular complexity index is 736. The van der Waals surface area contributed by atoms with Crippen LogP contribution in [0.25, 0.3) is 0 Å². The third-order valence-electron chi connectivity index (χ3n) is 3.72. The van der Waals surface area contributed by atoms with Gasteiger partial charge in [0.25, 0.3) is 0 Å². The predicted octanol–water partition coefficient (Wildman–Crippen LogP) is 4.40. The molecule has 5 heteroatoms. The van der Waals surface area contributed by atoms with Gasteiger partial charge in [0.15, 0.2) is 11.5 Å². The van der Waals surface area contributed by atoms with E-state index in [1.807, 2.05) is 30.3 Å². The molecule has 1 aliphatic heterocycles. The van der Waals surface area contributed by atoms with Crippen molar-refractivity contribution in [2.24, 2.45) is 4.99 Å². The molecular weight excluding hydrogens is 321 g/mol. The van der Waals surface area contributed by atoms with Crippen molar-refractivity contribution in [3.63, 3.8) is 0 Å². The quantitative estimate of drug-likeness (QED) is 0.832. The minimum absolute atomic E-state index is 0.592. The number of hydrogen-bond donors (Lipinski definition) is 0. The van der Waals surface area contributed by atoms with Crippen molar-refractivity contribution in [1.29, 1.82) is 0 Å². The highest BCUT2D eigenvalue weighted by Gasteiger charge is 2.22. The summed E-state index contributed by atoms with van der Waals surface area (Å²) in [5.41, 5.74) is 3.70. The predicted molar refractivity (Wildman–Crippen MR) is 90.2 cm³/mol. The summed E-state index contributed by atoms with van der Waals surface area (Å²) in [5, 5.41) is 1.18. The second kappa shape index (κ2) is 6.19. The monoisotopic (exact) mass is 335 g/mol. The fourth-order valence-electron chi connectivity index (χ4n) is 2.66. The molecule has 0 bridgehead atoms. The first-order valence-electron chi connectivity index (χ1n) is 6.89. The molecule has 0 spiro atoms. The van der Waals surface area contributed by atoms with Crippen LogP contribution in [-0.4, -0.2) is 26.5 Å². The Hall–Kier alpha value is -1.71. The number of hydrogen-bond acceptors (Lipinski definition) is 3. The fraction of sp³-hybridized carbons (Fsp3) is 0.235. The highest BCUT2D eigenvalue weighted by molar-refractivity contribution is 6.41. The van der Waals surface area contributed by atoms with Crippen LogP contribution < -0.4 is 9.47 Å². The molecule has 1 heterocycles. The molecular formula is C17H15Cl2NO2. The largest absolute Gasteiger partial charge is 0.493 e. The van der Waals surface area contributed by atoms with E-state index >= 15 is 0 Å². The Morgan fingerprint density at radius 1 is 1.00 bits per heavy atom. The molecule has 0 amide bonds. The molecule has 2 aromatic carbocycles. The number of nitrogens with zero attached hydrogens (tertiary/aromatic N) is 1. The Kier molecular flexibility index (Phi) is 4.27. The SMILES string of the molecule is COc1cc2c(cc1OC)C(c1c(Cl)cccc1Cl)=NCC2. The summed E-state index contributed by atoms with van der Waals surface area (Å²) in [4.78, 5) is 4.64. The van der Waals surface area contributed by atoms with E-state index in [4.69, 9.17) is 32.7 Å². The number of aliphatic imine (C=N–C) groups is 1. The number of benzene rings is 2. The standard InChI is InChI=1S/C17H15Cl2NO2/c1-21-14-8-10-6-7-20-17(11(10)9-15(14)22-2)16-12(18)4-3-5-13(16)19/h3-5,8-9H,6-7H2,1-2H3. The van der Waals surface area contributed by atoms with Crippen molar-refractivity contribution in [2.45, 2.75) is 6.42 Å². The first-order chi connectivity index (χ1) is 10.7. The highest BCUT2D eigenvalue weighted by atomic mass is 35.5. The fourth-order valence-corrected chi connectivity index (χ4v) is 3.24. The number of ether oxygens (including phenoxy) is 2. The van der Waals surface area contributed by atoms with Crippen LogP contribution in [-0.2, 0) is 6.42 Å². The summed E-state index contributed by atoms with van der Waals surface area (Å²) >= 11 is 12.7. The molecule has 0 radical (unpaired) electrons. The molecule has 0 aromatic heterocycles. The van der Waals surface area contributed by atoms with Crippen molar-refractivity contribution in [3.8, 4) is 11.5 Å². The summed E-state index contributed by atoms with van der Waals surface area (Å²) in [6.45, 7) is 0.694. The van der Waals surface area contributed by atoms with Crippen LogP contribution in [0, 0.1) is 0 Å². The summed E-state index contributed by atoms with van der Waals surface area (Å²) in [7, 11) is 3.25. The molecule has 2 aromatic rings. The lowest BCUT2D eigenvalue weighted by Crippen LogP contribution is -2.15. The second-order valence-electron chi connectivity index (χ2n) is 4.94. The number of methoxy groups -OCH3 is 2. The molecule has 0 unspecified atom stereocenters. The van der Waals surface area contributed by atoms with Crippen LogP contribution in [0.2, 0.25) is 10.0 Å². The third kappa shape index (κ3) is 2.55. The molecule has 1 aliphatic rings. The molecule has 0 saturated heterocycles. The summed E-state index contributed by atoms with van der Waals surface area (Å²) in [6.07, 6.45) is 0.848. The van der Waals surface area contributed by atoms with E-state index in [0.29, 0.717) is 28.1 Å². The molecule has 0 aliphatic carbocycles. The van der Waals surface area contributed by atoms with Crippen LogP contribution in [0.15, 0.2) is 35.3 Å². The van der Waals surface area contributed by atoms with E-state index in [9.17, 15) is 0 Å². The highest BCUT2D eigenvalue weighted by Crippen LogP contribution is 2.36. The Morgan fingerprint density at radius 3 is 2.27 bits per heavy atom. The van der Waals surface area contributed by atoms with E-state index in [-0.39, 0.29) is 0 Å². The zero-order chi connectivity index (χ0) is 15.7. The summed E-state index contributed by atoms with van der Waals surface area (Å²) < 4.78 is 10.8. The van der Waals surface area contributed by atoms with Gasteiger partial charge >= 0.3 is 0 Å². The first kappa shape index (κ1) is 15.2. The van der Waals surface area contributed by atoms with Gasteiger partial charge in [-0.15, -0.1) is 0 Å². The van der Waals surface area contributed by atoms with Gasteiger partial charge in [0.1, 0.15) is 0 Å². The summed E-state index contributed by atoms with van der Waals surface area (Å²) in [6, 6.07) is 9.40. The smallest absolute Gasteiger partial charge is 0.161 e. The number of halogens is 2. The topological polar surface area (TPSA) is 30.8 Å². The van der Waals surface area contributed by atoms with E-state index in [1.165, 1.54) is 0 Å².